The van der Waals surface area contributed by atoms with Crippen molar-refractivity contribution < 1.29 is 19.1 Å². The molecule has 130 valence electrons. The van der Waals surface area contributed by atoms with Gasteiger partial charge in [-0.15, -0.1) is 0 Å². The van der Waals surface area contributed by atoms with Crippen LogP contribution in [0.15, 0.2) is 23.1 Å². The molecular weight excluding hydrogens is 326 g/mol. The third-order valence-electron chi connectivity index (χ3n) is 3.33. The molecule has 0 spiro atoms. The fourth-order valence-electron chi connectivity index (χ4n) is 2.18. The van der Waals surface area contributed by atoms with Gasteiger partial charge in [0.2, 0.25) is 0 Å². The summed E-state index contributed by atoms with van der Waals surface area (Å²) in [6.07, 6.45) is 1.72. The van der Waals surface area contributed by atoms with Crippen molar-refractivity contribution in [3.05, 3.63) is 28.7 Å². The molecule has 1 aromatic carbocycles. The number of benzene rings is 1. The summed E-state index contributed by atoms with van der Waals surface area (Å²) in [5, 5.41) is -0.226. The Morgan fingerprint density at radius 1 is 1.17 bits per heavy atom. The van der Waals surface area contributed by atoms with Gasteiger partial charge in [0, 0.05) is 6.54 Å². The minimum Gasteiger partial charge on any atom is -0.490 e. The molecule has 1 saturated heterocycles. The number of likely N-dealkylation sites (N-methyl/N-ethyl adjacent to an activating group) is 1. The molecule has 2 rings (SSSR count). The Labute approximate surface area is 147 Å². The van der Waals surface area contributed by atoms with Gasteiger partial charge in [-0.2, -0.15) is 0 Å². The van der Waals surface area contributed by atoms with Crippen LogP contribution in [0.25, 0.3) is 6.08 Å². The second-order valence-electron chi connectivity index (χ2n) is 5.77. The van der Waals surface area contributed by atoms with Crippen molar-refractivity contribution in [2.24, 2.45) is 5.92 Å². The number of nitrogens with zero attached hydrogens (tertiary/aromatic N) is 1. The van der Waals surface area contributed by atoms with Gasteiger partial charge in [-0.3, -0.25) is 14.5 Å². The molecule has 0 unspecified atom stereocenters. The summed E-state index contributed by atoms with van der Waals surface area (Å²) in [6, 6.07) is 5.53. The first-order valence-corrected chi connectivity index (χ1v) is 8.92. The van der Waals surface area contributed by atoms with E-state index in [0.717, 1.165) is 17.3 Å². The number of carbonyl (C=O) groups excluding carboxylic acids is 2. The Morgan fingerprint density at radius 2 is 1.92 bits per heavy atom. The van der Waals surface area contributed by atoms with Crippen LogP contribution < -0.4 is 9.47 Å². The quantitative estimate of drug-likeness (QED) is 0.691. The summed E-state index contributed by atoms with van der Waals surface area (Å²) in [6.45, 7) is 9.37. The van der Waals surface area contributed by atoms with Crippen molar-refractivity contribution in [2.75, 3.05) is 19.8 Å². The van der Waals surface area contributed by atoms with Crippen molar-refractivity contribution in [3.8, 4) is 11.5 Å². The molecule has 0 saturated carbocycles. The summed E-state index contributed by atoms with van der Waals surface area (Å²) < 4.78 is 11.4. The largest absolute Gasteiger partial charge is 0.490 e. The first-order valence-electron chi connectivity index (χ1n) is 8.11. The first kappa shape index (κ1) is 18.4. The molecular formula is C18H23NO4S. The van der Waals surface area contributed by atoms with Crippen molar-refractivity contribution in [1.29, 1.82) is 0 Å². The van der Waals surface area contributed by atoms with Gasteiger partial charge < -0.3 is 9.47 Å². The van der Waals surface area contributed by atoms with E-state index in [4.69, 9.17) is 9.47 Å². The Bertz CT molecular complexity index is 654. The lowest BCUT2D eigenvalue weighted by atomic mass is 10.1. The molecule has 1 fully saturated rings. The molecule has 0 radical (unpaired) electrons. The lowest BCUT2D eigenvalue weighted by molar-refractivity contribution is -0.122. The van der Waals surface area contributed by atoms with Gasteiger partial charge in [-0.25, -0.2) is 0 Å². The lowest BCUT2D eigenvalue weighted by Crippen LogP contribution is -2.27. The van der Waals surface area contributed by atoms with Crippen LogP contribution in [-0.4, -0.2) is 35.8 Å². The average Bonchev–Trinajstić information content (AvgIpc) is 2.80. The highest BCUT2D eigenvalue weighted by molar-refractivity contribution is 8.18. The minimum absolute atomic E-state index is 0.226. The summed E-state index contributed by atoms with van der Waals surface area (Å²) in [5.41, 5.74) is 0.803. The fraction of sp³-hybridized carbons (Fsp3) is 0.444. The second-order valence-corrected chi connectivity index (χ2v) is 6.76. The molecule has 1 aliphatic rings. The van der Waals surface area contributed by atoms with Crippen LogP contribution >= 0.6 is 11.8 Å². The molecule has 24 heavy (non-hydrogen) atoms. The zero-order valence-corrected chi connectivity index (χ0v) is 15.3. The number of carbonyl (C=O) groups is 2. The molecule has 0 bridgehead atoms. The molecule has 0 N–H and O–H groups in total. The van der Waals surface area contributed by atoms with Crippen LogP contribution in [0.4, 0.5) is 4.79 Å². The molecule has 1 aromatic rings. The van der Waals surface area contributed by atoms with Crippen molar-refractivity contribution >= 4 is 29.0 Å². The number of imide groups is 1. The Hall–Kier alpha value is -1.95. The van der Waals surface area contributed by atoms with E-state index in [0.29, 0.717) is 42.1 Å². The zero-order valence-electron chi connectivity index (χ0n) is 14.5. The third kappa shape index (κ3) is 4.32. The van der Waals surface area contributed by atoms with Gasteiger partial charge in [-0.1, -0.05) is 19.9 Å². The lowest BCUT2D eigenvalue weighted by Gasteiger charge is -2.14. The molecule has 1 aliphatic heterocycles. The van der Waals surface area contributed by atoms with E-state index < -0.39 is 0 Å². The van der Waals surface area contributed by atoms with Gasteiger partial charge in [0.25, 0.3) is 11.1 Å². The SMILES string of the molecule is CCOc1cc(/C=C2\SC(=O)N(CC)C2=O)ccc1OCC(C)C. The van der Waals surface area contributed by atoms with Crippen LogP contribution in [0.2, 0.25) is 0 Å². The van der Waals surface area contributed by atoms with Crippen LogP contribution in [0, 0.1) is 5.92 Å². The molecule has 2 amide bonds. The second kappa shape index (κ2) is 8.24. The van der Waals surface area contributed by atoms with Gasteiger partial charge in [0.1, 0.15) is 0 Å². The normalized spacial score (nSPS) is 16.4. The predicted molar refractivity (Wildman–Crippen MR) is 96.3 cm³/mol. The van der Waals surface area contributed by atoms with Crippen molar-refractivity contribution in [1.82, 2.24) is 4.90 Å². The number of hydrogen-bond donors (Lipinski definition) is 0. The maximum absolute atomic E-state index is 12.2. The monoisotopic (exact) mass is 349 g/mol. The summed E-state index contributed by atoms with van der Waals surface area (Å²) in [7, 11) is 0. The maximum atomic E-state index is 12.2. The summed E-state index contributed by atoms with van der Waals surface area (Å²) >= 11 is 0.965. The summed E-state index contributed by atoms with van der Waals surface area (Å²) in [4.78, 5) is 25.6. The van der Waals surface area contributed by atoms with Crippen LogP contribution in [-0.2, 0) is 4.79 Å². The Morgan fingerprint density at radius 3 is 2.50 bits per heavy atom. The van der Waals surface area contributed by atoms with Gasteiger partial charge >= 0.3 is 0 Å². The van der Waals surface area contributed by atoms with Crippen LogP contribution in [0.1, 0.15) is 33.3 Å². The van der Waals surface area contributed by atoms with E-state index >= 15 is 0 Å². The predicted octanol–water partition coefficient (Wildman–Crippen LogP) is 4.18. The van der Waals surface area contributed by atoms with E-state index in [-0.39, 0.29) is 11.1 Å². The number of ether oxygens (including phenoxy) is 2. The molecule has 5 nitrogen and oxygen atoms in total. The van der Waals surface area contributed by atoms with Crippen LogP contribution in [0.5, 0.6) is 11.5 Å². The van der Waals surface area contributed by atoms with Crippen LogP contribution in [0.3, 0.4) is 0 Å². The molecule has 0 aliphatic carbocycles. The number of hydrogen-bond acceptors (Lipinski definition) is 5. The molecule has 6 heteroatoms. The minimum atomic E-state index is -0.245. The smallest absolute Gasteiger partial charge is 0.293 e. The highest BCUT2D eigenvalue weighted by Gasteiger charge is 2.33. The van der Waals surface area contributed by atoms with E-state index in [2.05, 4.69) is 13.8 Å². The van der Waals surface area contributed by atoms with E-state index in [1.165, 1.54) is 4.90 Å². The first-order chi connectivity index (χ1) is 11.5. The van der Waals surface area contributed by atoms with Gasteiger partial charge in [-0.05, 0) is 55.3 Å². The Kier molecular flexibility index (Phi) is 6.31. The molecule has 1 heterocycles. The Balaban J connectivity index is 2.25. The average molecular weight is 349 g/mol. The van der Waals surface area contributed by atoms with Gasteiger partial charge in [0.05, 0.1) is 18.1 Å². The summed E-state index contributed by atoms with van der Waals surface area (Å²) in [5.74, 6) is 1.50. The fourth-order valence-corrected chi connectivity index (χ4v) is 3.09. The van der Waals surface area contributed by atoms with Gasteiger partial charge in [0.15, 0.2) is 11.5 Å². The number of thioether (sulfide) groups is 1. The zero-order chi connectivity index (χ0) is 17.7. The highest BCUT2D eigenvalue weighted by atomic mass is 32.2. The molecule has 0 aromatic heterocycles. The van der Waals surface area contributed by atoms with E-state index in [9.17, 15) is 9.59 Å². The standard InChI is InChI=1S/C18H23NO4S/c1-5-19-17(20)16(24-18(19)21)10-13-7-8-14(23-11-12(3)4)15(9-13)22-6-2/h7-10,12H,5-6,11H2,1-4H3/b16-10-. The third-order valence-corrected chi connectivity index (χ3v) is 4.23. The molecule has 0 atom stereocenters. The van der Waals surface area contributed by atoms with E-state index in [1.54, 1.807) is 13.0 Å². The van der Waals surface area contributed by atoms with Crippen molar-refractivity contribution in [2.45, 2.75) is 27.7 Å². The topological polar surface area (TPSA) is 55.8 Å². The maximum Gasteiger partial charge on any atom is 0.293 e. The number of rotatable bonds is 7. The van der Waals surface area contributed by atoms with E-state index in [1.807, 2.05) is 25.1 Å². The van der Waals surface area contributed by atoms with Crippen molar-refractivity contribution in [3.63, 3.8) is 0 Å². The highest BCUT2D eigenvalue weighted by Crippen LogP contribution is 2.34. The number of amides is 2.